The molecule has 0 bridgehead atoms. The second-order valence-corrected chi connectivity index (χ2v) is 6.69. The number of carbonyl (C=O) groups excluding carboxylic acids is 1. The van der Waals surface area contributed by atoms with Gasteiger partial charge in [-0.1, -0.05) is 44.6 Å². The monoisotopic (exact) mass is 366 g/mol. The van der Waals surface area contributed by atoms with Crippen molar-refractivity contribution in [1.82, 2.24) is 0 Å². The van der Waals surface area contributed by atoms with Crippen LogP contribution >= 0.6 is 0 Å². The molecule has 0 radical (unpaired) electrons. The van der Waals surface area contributed by atoms with Gasteiger partial charge in [0.15, 0.2) is 0 Å². The minimum atomic E-state index is -0.776. The fourth-order valence-electron chi connectivity index (χ4n) is 2.73. The molecular weight excluding hydrogens is 328 g/mol. The molecule has 0 unspecified atom stereocenters. The Bertz CT molecular complexity index is 392. The highest BCUT2D eigenvalue weighted by atomic mass is 16.5. The van der Waals surface area contributed by atoms with Crippen LogP contribution in [0.25, 0.3) is 0 Å². The lowest BCUT2D eigenvalue weighted by atomic mass is 10.0. The molecule has 0 fully saturated rings. The maximum atomic E-state index is 12.1. The van der Waals surface area contributed by atoms with E-state index in [1.807, 2.05) is 0 Å². The summed E-state index contributed by atoms with van der Waals surface area (Å²) in [6.45, 7) is 4.25. The van der Waals surface area contributed by atoms with Gasteiger partial charge in [0.2, 0.25) is 0 Å². The molecule has 0 aromatic heterocycles. The van der Waals surface area contributed by atoms with Crippen LogP contribution in [-0.2, 0) is 14.3 Å². The summed E-state index contributed by atoms with van der Waals surface area (Å²) in [7, 11) is 0. The van der Waals surface area contributed by atoms with Crippen LogP contribution in [-0.4, -0.2) is 23.1 Å². The summed E-state index contributed by atoms with van der Waals surface area (Å²) in [5.74, 6) is -0.916. The molecule has 0 spiro atoms. The number of rotatable bonds is 17. The number of unbranched alkanes of at least 4 members (excludes halogenated alkanes) is 4. The van der Waals surface area contributed by atoms with Crippen LogP contribution in [0.2, 0.25) is 0 Å². The first-order chi connectivity index (χ1) is 12.6. The van der Waals surface area contributed by atoms with E-state index in [-0.39, 0.29) is 18.5 Å². The summed E-state index contributed by atoms with van der Waals surface area (Å²) in [6, 6.07) is 0. The van der Waals surface area contributed by atoms with Gasteiger partial charge in [-0.3, -0.25) is 9.59 Å². The molecule has 0 aliphatic carbocycles. The second kappa shape index (κ2) is 18.2. The molecule has 0 rings (SSSR count). The summed E-state index contributed by atoms with van der Waals surface area (Å²) in [5.41, 5.74) is 0. The molecule has 0 heterocycles. The third kappa shape index (κ3) is 17.2. The van der Waals surface area contributed by atoms with E-state index >= 15 is 0 Å². The zero-order valence-corrected chi connectivity index (χ0v) is 16.8. The summed E-state index contributed by atoms with van der Waals surface area (Å²) in [5, 5.41) is 8.61. The summed E-state index contributed by atoms with van der Waals surface area (Å²) >= 11 is 0. The topological polar surface area (TPSA) is 63.6 Å². The number of esters is 1. The molecule has 0 aromatic carbocycles. The van der Waals surface area contributed by atoms with Gasteiger partial charge in [-0.25, -0.2) is 0 Å². The Morgan fingerprint density at radius 3 is 1.85 bits per heavy atom. The van der Waals surface area contributed by atoms with Gasteiger partial charge >= 0.3 is 11.9 Å². The first kappa shape index (κ1) is 24.4. The van der Waals surface area contributed by atoms with E-state index in [4.69, 9.17) is 9.84 Å². The van der Waals surface area contributed by atoms with Gasteiger partial charge in [-0.05, 0) is 64.2 Å². The van der Waals surface area contributed by atoms with E-state index in [0.29, 0.717) is 19.3 Å². The van der Waals surface area contributed by atoms with E-state index in [1.165, 1.54) is 0 Å². The number of carboxylic acids is 1. The van der Waals surface area contributed by atoms with Crippen molar-refractivity contribution in [3.63, 3.8) is 0 Å². The minimum absolute atomic E-state index is 0.00609. The third-order valence-electron chi connectivity index (χ3n) is 4.17. The molecular formula is C22H38O4. The normalized spacial score (nSPS) is 11.7. The number of carboxylic acid groups (broad SMARTS) is 1. The molecule has 1 N–H and O–H groups in total. The summed E-state index contributed by atoms with van der Waals surface area (Å²) < 4.78 is 5.69. The second-order valence-electron chi connectivity index (χ2n) is 6.69. The molecule has 0 aromatic rings. The van der Waals surface area contributed by atoms with Crippen LogP contribution in [0.4, 0.5) is 0 Å². The first-order valence-corrected chi connectivity index (χ1v) is 10.3. The fraction of sp³-hybridized carbons (Fsp3) is 0.727. The predicted molar refractivity (Wildman–Crippen MR) is 107 cm³/mol. The van der Waals surface area contributed by atoms with Gasteiger partial charge in [0, 0.05) is 12.8 Å². The van der Waals surface area contributed by atoms with Crippen molar-refractivity contribution < 1.29 is 19.4 Å². The van der Waals surface area contributed by atoms with Gasteiger partial charge in [-0.2, -0.15) is 0 Å². The lowest BCUT2D eigenvalue weighted by Gasteiger charge is -2.17. The van der Waals surface area contributed by atoms with Crippen LogP contribution in [0, 0.1) is 0 Å². The lowest BCUT2D eigenvalue weighted by Crippen LogP contribution is -2.18. The van der Waals surface area contributed by atoms with Crippen molar-refractivity contribution in [3.8, 4) is 0 Å². The van der Waals surface area contributed by atoms with Crippen molar-refractivity contribution >= 4 is 11.9 Å². The number of allylic oxidation sites excluding steroid dienone is 4. The summed E-state index contributed by atoms with van der Waals surface area (Å²) in [4.78, 5) is 22.5. The average Bonchev–Trinajstić information content (AvgIpc) is 2.60. The lowest BCUT2D eigenvalue weighted by molar-refractivity contribution is -0.150. The zero-order valence-electron chi connectivity index (χ0n) is 16.8. The molecule has 0 atom stereocenters. The number of aliphatic carboxylic acids is 1. The molecule has 4 nitrogen and oxygen atoms in total. The molecule has 0 saturated heterocycles. The highest BCUT2D eigenvalue weighted by Gasteiger charge is 2.13. The zero-order chi connectivity index (χ0) is 19.5. The minimum Gasteiger partial charge on any atom is -0.481 e. The molecule has 0 aliphatic heterocycles. The van der Waals surface area contributed by atoms with Crippen molar-refractivity contribution in [2.45, 2.75) is 103 Å². The number of ether oxygens (including phenoxy) is 1. The Balaban J connectivity index is 4.12. The Morgan fingerprint density at radius 1 is 0.808 bits per heavy atom. The summed E-state index contributed by atoms with van der Waals surface area (Å²) in [6.07, 6.45) is 19.5. The molecule has 4 heteroatoms. The number of carbonyl (C=O) groups is 2. The Labute approximate surface area is 159 Å². The molecule has 0 aliphatic rings. The highest BCUT2D eigenvalue weighted by molar-refractivity contribution is 5.69. The van der Waals surface area contributed by atoms with Gasteiger partial charge in [0.05, 0.1) is 0 Å². The number of hydrogen-bond acceptors (Lipinski definition) is 3. The Hall–Kier alpha value is -1.58. The van der Waals surface area contributed by atoms with Crippen molar-refractivity contribution in [3.05, 3.63) is 24.3 Å². The molecule has 26 heavy (non-hydrogen) atoms. The van der Waals surface area contributed by atoms with Crippen molar-refractivity contribution in [2.24, 2.45) is 0 Å². The SMILES string of the molecule is CC/C=C\CCCC(CCC/C=C\CC)OC(=O)CCCCCC(=O)O. The van der Waals surface area contributed by atoms with Crippen LogP contribution < -0.4 is 0 Å². The molecule has 0 amide bonds. The van der Waals surface area contributed by atoms with Crippen LogP contribution in [0.1, 0.15) is 97.3 Å². The van der Waals surface area contributed by atoms with E-state index in [1.54, 1.807) is 0 Å². The maximum Gasteiger partial charge on any atom is 0.306 e. The third-order valence-corrected chi connectivity index (χ3v) is 4.17. The first-order valence-electron chi connectivity index (χ1n) is 10.3. The van der Waals surface area contributed by atoms with Crippen LogP contribution in [0.5, 0.6) is 0 Å². The smallest absolute Gasteiger partial charge is 0.306 e. The van der Waals surface area contributed by atoms with Crippen LogP contribution in [0.3, 0.4) is 0 Å². The van der Waals surface area contributed by atoms with E-state index in [0.717, 1.165) is 57.8 Å². The largest absolute Gasteiger partial charge is 0.481 e. The average molecular weight is 367 g/mol. The van der Waals surface area contributed by atoms with E-state index in [9.17, 15) is 9.59 Å². The molecule has 0 saturated carbocycles. The van der Waals surface area contributed by atoms with Gasteiger partial charge < -0.3 is 9.84 Å². The fourth-order valence-corrected chi connectivity index (χ4v) is 2.73. The van der Waals surface area contributed by atoms with Gasteiger partial charge in [-0.15, -0.1) is 0 Å². The van der Waals surface area contributed by atoms with Crippen LogP contribution in [0.15, 0.2) is 24.3 Å². The van der Waals surface area contributed by atoms with Gasteiger partial charge in [0.1, 0.15) is 6.10 Å². The molecule has 150 valence electrons. The predicted octanol–water partition coefficient (Wildman–Crippen LogP) is 6.21. The highest BCUT2D eigenvalue weighted by Crippen LogP contribution is 2.15. The quantitative estimate of drug-likeness (QED) is 0.189. The number of hydrogen-bond donors (Lipinski definition) is 1. The standard InChI is InChI=1S/C22H38O4/c1-3-5-7-9-12-16-20(17-13-10-8-6-4-2)26-22(25)19-15-11-14-18-21(23)24/h5-8,20H,3-4,9-19H2,1-2H3,(H,23,24)/b7-5-,8-6-. The van der Waals surface area contributed by atoms with Crippen molar-refractivity contribution in [2.75, 3.05) is 0 Å². The maximum absolute atomic E-state index is 12.1. The van der Waals surface area contributed by atoms with Crippen molar-refractivity contribution in [1.29, 1.82) is 0 Å². The Kier molecular flexibility index (Phi) is 17.1. The van der Waals surface area contributed by atoms with E-state index < -0.39 is 5.97 Å². The van der Waals surface area contributed by atoms with E-state index in [2.05, 4.69) is 38.2 Å². The van der Waals surface area contributed by atoms with Gasteiger partial charge in [0.25, 0.3) is 0 Å². The Morgan fingerprint density at radius 2 is 1.35 bits per heavy atom.